The van der Waals surface area contributed by atoms with E-state index in [9.17, 15) is 8.42 Å². The summed E-state index contributed by atoms with van der Waals surface area (Å²) in [5.41, 5.74) is 0. The second-order valence-electron chi connectivity index (χ2n) is 4.99. The molecule has 1 radical (unpaired) electrons. The SMILES string of the molecule is [CH2]OS(=O)(=O)c1ccc2ccc3cccc4ccc1c2c34. The maximum absolute atomic E-state index is 12.1. The van der Waals surface area contributed by atoms with Crippen LogP contribution in [0.3, 0.4) is 0 Å². The van der Waals surface area contributed by atoms with Gasteiger partial charge in [-0.25, -0.2) is 0 Å². The Kier molecular flexibility index (Phi) is 2.49. The van der Waals surface area contributed by atoms with Gasteiger partial charge in [0.05, 0.1) is 7.11 Å². The van der Waals surface area contributed by atoms with E-state index >= 15 is 0 Å². The van der Waals surface area contributed by atoms with Crippen molar-refractivity contribution >= 4 is 42.4 Å². The molecule has 4 heteroatoms. The molecule has 0 aliphatic carbocycles. The molecule has 0 fully saturated rings. The lowest BCUT2D eigenvalue weighted by Gasteiger charge is -2.13. The molecule has 4 aromatic rings. The molecule has 0 bridgehead atoms. The maximum atomic E-state index is 12.1. The lowest BCUT2D eigenvalue weighted by molar-refractivity contribution is 0.439. The summed E-state index contributed by atoms with van der Waals surface area (Å²) in [6.45, 7) is 0. The predicted molar refractivity (Wildman–Crippen MR) is 83.8 cm³/mol. The fraction of sp³-hybridized carbons (Fsp3) is 0. The Bertz CT molecular complexity index is 1070. The van der Waals surface area contributed by atoms with E-state index in [0.717, 1.165) is 26.9 Å². The molecule has 0 aromatic heterocycles. The van der Waals surface area contributed by atoms with Gasteiger partial charge >= 0.3 is 0 Å². The maximum Gasteiger partial charge on any atom is 0.297 e. The first-order chi connectivity index (χ1) is 10.1. The van der Waals surface area contributed by atoms with Gasteiger partial charge in [-0.2, -0.15) is 8.42 Å². The van der Waals surface area contributed by atoms with Crippen LogP contribution in [0.2, 0.25) is 0 Å². The van der Waals surface area contributed by atoms with Crippen LogP contribution in [0, 0.1) is 7.11 Å². The topological polar surface area (TPSA) is 43.4 Å². The number of rotatable bonds is 2. The molecule has 0 aliphatic heterocycles. The van der Waals surface area contributed by atoms with Gasteiger partial charge < -0.3 is 0 Å². The van der Waals surface area contributed by atoms with E-state index in [0.29, 0.717) is 5.39 Å². The van der Waals surface area contributed by atoms with Gasteiger partial charge in [-0.3, -0.25) is 4.18 Å². The van der Waals surface area contributed by atoms with Gasteiger partial charge in [0.25, 0.3) is 10.1 Å². The zero-order valence-corrected chi connectivity index (χ0v) is 11.9. The van der Waals surface area contributed by atoms with Gasteiger partial charge in [0.15, 0.2) is 0 Å². The lowest BCUT2D eigenvalue weighted by atomic mass is 9.94. The highest BCUT2D eigenvalue weighted by Crippen LogP contribution is 2.37. The van der Waals surface area contributed by atoms with Gasteiger partial charge in [-0.05, 0) is 33.0 Å². The summed E-state index contributed by atoms with van der Waals surface area (Å²) in [7, 11) is -0.779. The minimum Gasteiger partial charge on any atom is -0.264 e. The van der Waals surface area contributed by atoms with E-state index in [1.165, 1.54) is 0 Å². The van der Waals surface area contributed by atoms with Crippen LogP contribution in [-0.4, -0.2) is 8.42 Å². The first kappa shape index (κ1) is 12.6. The van der Waals surface area contributed by atoms with Crippen LogP contribution in [-0.2, 0) is 14.3 Å². The van der Waals surface area contributed by atoms with Gasteiger partial charge in [-0.1, -0.05) is 48.5 Å². The van der Waals surface area contributed by atoms with Gasteiger partial charge in [0.1, 0.15) is 4.90 Å². The number of benzene rings is 4. The van der Waals surface area contributed by atoms with E-state index < -0.39 is 10.1 Å². The summed E-state index contributed by atoms with van der Waals surface area (Å²) in [6, 6.07) is 17.3. The van der Waals surface area contributed by atoms with E-state index in [-0.39, 0.29) is 4.90 Å². The summed E-state index contributed by atoms with van der Waals surface area (Å²) in [5.74, 6) is 0. The molecule has 0 saturated carbocycles. The first-order valence-corrected chi connectivity index (χ1v) is 7.88. The number of hydrogen-bond acceptors (Lipinski definition) is 3. The van der Waals surface area contributed by atoms with Crippen molar-refractivity contribution < 1.29 is 12.6 Å². The highest BCUT2D eigenvalue weighted by atomic mass is 32.2. The molecule has 0 spiro atoms. The zero-order chi connectivity index (χ0) is 14.6. The Hall–Kier alpha value is -2.17. The molecule has 3 nitrogen and oxygen atoms in total. The molecule has 0 saturated heterocycles. The van der Waals surface area contributed by atoms with Crippen LogP contribution in [0.1, 0.15) is 0 Å². The lowest BCUT2D eigenvalue weighted by Crippen LogP contribution is -2.02. The third-order valence-corrected chi connectivity index (χ3v) is 5.12. The van der Waals surface area contributed by atoms with Crippen molar-refractivity contribution in [1.29, 1.82) is 0 Å². The summed E-state index contributed by atoms with van der Waals surface area (Å²) in [4.78, 5) is 0.156. The van der Waals surface area contributed by atoms with Crippen molar-refractivity contribution in [1.82, 2.24) is 0 Å². The Morgan fingerprint density at radius 1 is 0.762 bits per heavy atom. The molecule has 0 atom stereocenters. The molecule has 4 aromatic carbocycles. The summed E-state index contributed by atoms with van der Waals surface area (Å²) in [6.07, 6.45) is 0. The third-order valence-electron chi connectivity index (χ3n) is 3.91. The van der Waals surface area contributed by atoms with Crippen LogP contribution in [0.25, 0.3) is 32.3 Å². The van der Waals surface area contributed by atoms with Crippen LogP contribution < -0.4 is 0 Å². The monoisotopic (exact) mass is 295 g/mol. The molecule has 21 heavy (non-hydrogen) atoms. The minimum atomic E-state index is -3.83. The summed E-state index contributed by atoms with van der Waals surface area (Å²) in [5, 5.41) is 5.89. The average molecular weight is 295 g/mol. The Morgan fingerprint density at radius 2 is 1.33 bits per heavy atom. The normalized spacial score (nSPS) is 12.6. The van der Waals surface area contributed by atoms with Crippen molar-refractivity contribution in [2.75, 3.05) is 0 Å². The molecular formula is C17H11O3S. The van der Waals surface area contributed by atoms with E-state index in [1.54, 1.807) is 12.1 Å². The molecule has 0 aliphatic rings. The molecule has 0 heterocycles. The first-order valence-electron chi connectivity index (χ1n) is 6.47. The van der Waals surface area contributed by atoms with Gasteiger partial charge in [0, 0.05) is 5.39 Å². The molecule has 0 amide bonds. The fourth-order valence-corrected chi connectivity index (χ4v) is 3.79. The zero-order valence-electron chi connectivity index (χ0n) is 11.0. The second-order valence-corrected chi connectivity index (χ2v) is 6.58. The molecular weight excluding hydrogens is 284 g/mol. The summed E-state index contributed by atoms with van der Waals surface area (Å²) >= 11 is 0. The highest BCUT2D eigenvalue weighted by molar-refractivity contribution is 7.87. The van der Waals surface area contributed by atoms with Gasteiger partial charge in [-0.15, -0.1) is 0 Å². The van der Waals surface area contributed by atoms with Gasteiger partial charge in [0.2, 0.25) is 0 Å². The smallest absolute Gasteiger partial charge is 0.264 e. The van der Waals surface area contributed by atoms with Crippen molar-refractivity contribution in [3.8, 4) is 0 Å². The second kappa shape index (κ2) is 4.16. The number of hydrogen-bond donors (Lipinski definition) is 0. The Labute approximate surface area is 122 Å². The third kappa shape index (κ3) is 1.66. The quantitative estimate of drug-likeness (QED) is 0.413. The molecule has 0 unspecified atom stereocenters. The Morgan fingerprint density at radius 3 is 2.00 bits per heavy atom. The van der Waals surface area contributed by atoms with Crippen LogP contribution in [0.5, 0.6) is 0 Å². The predicted octanol–water partition coefficient (Wildman–Crippen LogP) is 4.08. The van der Waals surface area contributed by atoms with E-state index in [1.807, 2.05) is 36.4 Å². The Balaban J connectivity index is 2.32. The minimum absolute atomic E-state index is 0.156. The average Bonchev–Trinajstić information content (AvgIpc) is 2.52. The van der Waals surface area contributed by atoms with Crippen LogP contribution in [0.15, 0.2) is 59.5 Å². The van der Waals surface area contributed by atoms with Crippen LogP contribution >= 0.6 is 0 Å². The van der Waals surface area contributed by atoms with Crippen molar-refractivity contribution in [3.63, 3.8) is 0 Å². The highest BCUT2D eigenvalue weighted by Gasteiger charge is 2.19. The molecule has 103 valence electrons. The standard InChI is InChI=1S/C17H11O3S/c1-20-21(18,19)15-10-8-13-6-5-11-3-2-4-12-7-9-14(15)17(13)16(11)12/h2-10H,1H2. The van der Waals surface area contributed by atoms with Crippen molar-refractivity contribution in [3.05, 3.63) is 61.7 Å². The van der Waals surface area contributed by atoms with E-state index in [4.69, 9.17) is 0 Å². The molecule has 0 N–H and O–H groups in total. The molecule has 4 rings (SSSR count). The summed E-state index contributed by atoms with van der Waals surface area (Å²) < 4.78 is 28.6. The van der Waals surface area contributed by atoms with Crippen molar-refractivity contribution in [2.24, 2.45) is 0 Å². The largest absolute Gasteiger partial charge is 0.297 e. The van der Waals surface area contributed by atoms with E-state index in [2.05, 4.69) is 17.4 Å². The van der Waals surface area contributed by atoms with Crippen LogP contribution in [0.4, 0.5) is 0 Å². The van der Waals surface area contributed by atoms with Crippen molar-refractivity contribution in [2.45, 2.75) is 4.90 Å². The fourth-order valence-electron chi connectivity index (χ4n) is 2.99.